The predicted molar refractivity (Wildman–Crippen MR) is 122 cm³/mol. The van der Waals surface area contributed by atoms with E-state index < -0.39 is 0 Å². The molecule has 4 saturated carbocycles. The van der Waals surface area contributed by atoms with Crippen LogP contribution in [0.25, 0.3) is 0 Å². The zero-order chi connectivity index (χ0) is 22.1. The Bertz CT molecular complexity index is 828. The lowest BCUT2D eigenvalue weighted by Gasteiger charge is -2.55. The van der Waals surface area contributed by atoms with Crippen LogP contribution in [0.2, 0.25) is 0 Å². The van der Waals surface area contributed by atoms with Gasteiger partial charge in [-0.15, -0.1) is 0 Å². The zero-order valence-electron chi connectivity index (χ0n) is 18.7. The third-order valence-electron chi connectivity index (χ3n) is 8.07. The van der Waals surface area contributed by atoms with Crippen molar-refractivity contribution in [3.8, 4) is 0 Å². The van der Waals surface area contributed by atoms with Gasteiger partial charge in [-0.05, 0) is 68.4 Å². The standard InChI is InChI=1S/C25H34N4O3/c30-22(27-21-4-2-1-3-5-21)17-28-6-8-29(9-7-28)23(31)16-26-24(32)25-13-18-10-19(14-25)12-20(11-18)15-25/h1-5,18-20H,6-17H2,(H,26,32)(H,27,30). The van der Waals surface area contributed by atoms with Gasteiger partial charge in [0.1, 0.15) is 0 Å². The highest BCUT2D eigenvalue weighted by atomic mass is 16.2. The topological polar surface area (TPSA) is 81.8 Å². The third-order valence-corrected chi connectivity index (χ3v) is 8.07. The van der Waals surface area contributed by atoms with Gasteiger partial charge in [-0.25, -0.2) is 0 Å². The highest BCUT2D eigenvalue weighted by molar-refractivity contribution is 5.92. The summed E-state index contributed by atoms with van der Waals surface area (Å²) in [5.74, 6) is 2.20. The summed E-state index contributed by atoms with van der Waals surface area (Å²) in [6.45, 7) is 2.91. The molecule has 1 aromatic rings. The fraction of sp³-hybridized carbons (Fsp3) is 0.640. The quantitative estimate of drug-likeness (QED) is 0.713. The molecular weight excluding hydrogens is 404 g/mol. The minimum atomic E-state index is -0.208. The first-order chi connectivity index (χ1) is 15.5. The first-order valence-electron chi connectivity index (χ1n) is 12.1. The minimum absolute atomic E-state index is 0.0172. The number of piperazine rings is 1. The van der Waals surface area contributed by atoms with Crippen molar-refractivity contribution in [2.45, 2.75) is 38.5 Å². The second kappa shape index (κ2) is 8.85. The molecule has 2 N–H and O–H groups in total. The van der Waals surface area contributed by atoms with Crippen molar-refractivity contribution in [2.24, 2.45) is 23.2 Å². The summed E-state index contributed by atoms with van der Waals surface area (Å²) >= 11 is 0. The van der Waals surface area contributed by atoms with Gasteiger partial charge in [0, 0.05) is 37.3 Å². The first kappa shape index (κ1) is 21.4. The molecule has 0 atom stereocenters. The lowest BCUT2D eigenvalue weighted by Crippen LogP contribution is -2.56. The number of rotatable bonds is 6. The maximum absolute atomic E-state index is 13.1. The van der Waals surface area contributed by atoms with Crippen LogP contribution in [0.1, 0.15) is 38.5 Å². The van der Waals surface area contributed by atoms with Gasteiger partial charge in [-0.3, -0.25) is 19.3 Å². The molecule has 5 aliphatic rings. The number of benzene rings is 1. The molecule has 32 heavy (non-hydrogen) atoms. The summed E-state index contributed by atoms with van der Waals surface area (Å²) in [5.41, 5.74) is 0.584. The van der Waals surface area contributed by atoms with E-state index >= 15 is 0 Å². The van der Waals surface area contributed by atoms with Crippen molar-refractivity contribution in [1.82, 2.24) is 15.1 Å². The summed E-state index contributed by atoms with van der Waals surface area (Å²) in [7, 11) is 0. The van der Waals surface area contributed by atoms with Gasteiger partial charge in [0.2, 0.25) is 17.7 Å². The van der Waals surface area contributed by atoms with E-state index in [9.17, 15) is 14.4 Å². The summed E-state index contributed by atoms with van der Waals surface area (Å²) in [5, 5.41) is 5.90. The van der Waals surface area contributed by atoms with Crippen LogP contribution in [-0.4, -0.2) is 66.8 Å². The monoisotopic (exact) mass is 438 g/mol. The van der Waals surface area contributed by atoms with E-state index in [0.29, 0.717) is 32.7 Å². The molecule has 1 saturated heterocycles. The number of nitrogens with one attached hydrogen (secondary N) is 2. The average molecular weight is 439 g/mol. The van der Waals surface area contributed by atoms with E-state index in [0.717, 1.165) is 42.7 Å². The van der Waals surface area contributed by atoms with Crippen LogP contribution < -0.4 is 10.6 Å². The van der Waals surface area contributed by atoms with Gasteiger partial charge in [0.05, 0.1) is 13.1 Å². The van der Waals surface area contributed by atoms with Crippen molar-refractivity contribution in [2.75, 3.05) is 44.6 Å². The Morgan fingerprint density at radius 2 is 1.47 bits per heavy atom. The molecule has 1 aromatic carbocycles. The molecule has 6 rings (SSSR count). The lowest BCUT2D eigenvalue weighted by molar-refractivity contribution is -0.148. The molecule has 172 valence electrons. The number of carbonyl (C=O) groups excluding carboxylic acids is 3. The smallest absolute Gasteiger partial charge is 0.242 e. The second-order valence-corrected chi connectivity index (χ2v) is 10.5. The Hall–Kier alpha value is -2.41. The molecule has 1 aliphatic heterocycles. The van der Waals surface area contributed by atoms with Gasteiger partial charge >= 0.3 is 0 Å². The molecule has 7 heteroatoms. The predicted octanol–water partition coefficient (Wildman–Crippen LogP) is 2.10. The fourth-order valence-corrected chi connectivity index (χ4v) is 6.92. The summed E-state index contributed by atoms with van der Waals surface area (Å²) in [6, 6.07) is 9.43. The minimum Gasteiger partial charge on any atom is -0.347 e. The van der Waals surface area contributed by atoms with E-state index in [1.807, 2.05) is 35.2 Å². The van der Waals surface area contributed by atoms with E-state index in [2.05, 4.69) is 15.5 Å². The molecule has 4 aliphatic carbocycles. The molecule has 7 nitrogen and oxygen atoms in total. The molecular formula is C25H34N4O3. The number of nitrogens with zero attached hydrogens (tertiary/aromatic N) is 2. The number of carbonyl (C=O) groups is 3. The van der Waals surface area contributed by atoms with Crippen LogP contribution in [0.5, 0.6) is 0 Å². The van der Waals surface area contributed by atoms with Gasteiger partial charge in [0.15, 0.2) is 0 Å². The summed E-state index contributed by atoms with van der Waals surface area (Å²) in [6.07, 6.45) is 6.96. The zero-order valence-corrected chi connectivity index (χ0v) is 18.7. The highest BCUT2D eigenvalue weighted by Crippen LogP contribution is 2.60. The molecule has 5 fully saturated rings. The second-order valence-electron chi connectivity index (χ2n) is 10.5. The van der Waals surface area contributed by atoms with Gasteiger partial charge in [-0.1, -0.05) is 18.2 Å². The number of para-hydroxylation sites is 1. The number of hydrogen-bond acceptors (Lipinski definition) is 4. The van der Waals surface area contributed by atoms with Crippen LogP contribution in [0, 0.1) is 23.2 Å². The van der Waals surface area contributed by atoms with Gasteiger partial charge < -0.3 is 15.5 Å². The van der Waals surface area contributed by atoms with Crippen molar-refractivity contribution in [1.29, 1.82) is 0 Å². The Balaban J connectivity index is 1.05. The van der Waals surface area contributed by atoms with Gasteiger partial charge in [-0.2, -0.15) is 0 Å². The first-order valence-corrected chi connectivity index (χ1v) is 12.1. The Morgan fingerprint density at radius 3 is 2.06 bits per heavy atom. The summed E-state index contributed by atoms with van der Waals surface area (Å²) < 4.78 is 0. The highest BCUT2D eigenvalue weighted by Gasteiger charge is 2.54. The summed E-state index contributed by atoms with van der Waals surface area (Å²) in [4.78, 5) is 41.9. The number of anilines is 1. The Morgan fingerprint density at radius 1 is 0.875 bits per heavy atom. The maximum Gasteiger partial charge on any atom is 0.242 e. The van der Waals surface area contributed by atoms with Crippen LogP contribution >= 0.6 is 0 Å². The molecule has 0 aromatic heterocycles. The van der Waals surface area contributed by atoms with Crippen molar-refractivity contribution >= 4 is 23.4 Å². The normalized spacial score (nSPS) is 31.4. The molecule has 0 unspecified atom stereocenters. The average Bonchev–Trinajstić information content (AvgIpc) is 2.77. The molecule has 0 radical (unpaired) electrons. The molecule has 4 bridgehead atoms. The molecule has 3 amide bonds. The van der Waals surface area contributed by atoms with Crippen LogP contribution in [0.4, 0.5) is 5.69 Å². The lowest BCUT2D eigenvalue weighted by atomic mass is 9.49. The third kappa shape index (κ3) is 4.53. The van der Waals surface area contributed by atoms with E-state index in [4.69, 9.17) is 0 Å². The Kier molecular flexibility index (Phi) is 5.93. The Labute approximate surface area is 189 Å². The van der Waals surface area contributed by atoms with Crippen LogP contribution in [0.3, 0.4) is 0 Å². The van der Waals surface area contributed by atoms with E-state index in [-0.39, 0.29) is 29.7 Å². The van der Waals surface area contributed by atoms with Crippen molar-refractivity contribution < 1.29 is 14.4 Å². The maximum atomic E-state index is 13.1. The number of amides is 3. The molecule has 1 heterocycles. The largest absolute Gasteiger partial charge is 0.347 e. The van der Waals surface area contributed by atoms with Crippen molar-refractivity contribution in [3.05, 3.63) is 30.3 Å². The van der Waals surface area contributed by atoms with Crippen LogP contribution in [-0.2, 0) is 14.4 Å². The van der Waals surface area contributed by atoms with Crippen molar-refractivity contribution in [3.63, 3.8) is 0 Å². The number of hydrogen-bond donors (Lipinski definition) is 2. The van der Waals surface area contributed by atoms with Crippen LogP contribution in [0.15, 0.2) is 30.3 Å². The fourth-order valence-electron chi connectivity index (χ4n) is 6.92. The van der Waals surface area contributed by atoms with Gasteiger partial charge in [0.25, 0.3) is 0 Å². The van der Waals surface area contributed by atoms with E-state index in [1.165, 1.54) is 19.3 Å². The van der Waals surface area contributed by atoms with E-state index in [1.54, 1.807) is 0 Å². The SMILES string of the molecule is O=C(CN1CCN(C(=O)CNC(=O)C23CC4CC(CC(C4)C2)C3)CC1)Nc1ccccc1. The molecule has 0 spiro atoms.